The van der Waals surface area contributed by atoms with E-state index in [9.17, 15) is 8.42 Å². The Hall–Kier alpha value is -1.13. The third kappa shape index (κ3) is 3.41. The minimum absolute atomic E-state index is 0.356. The lowest BCUT2D eigenvalue weighted by molar-refractivity contribution is 0.459. The molecule has 0 heterocycles. The number of hydrogen-bond acceptors (Lipinski definition) is 2. The van der Waals surface area contributed by atoms with E-state index in [1.807, 2.05) is 45.1 Å². The maximum absolute atomic E-state index is 12.3. The lowest BCUT2D eigenvalue weighted by Crippen LogP contribution is -2.31. The normalized spacial score (nSPS) is 12.5. The van der Waals surface area contributed by atoms with Crippen LogP contribution in [-0.4, -0.2) is 25.8 Å². The van der Waals surface area contributed by atoms with E-state index in [0.717, 1.165) is 5.56 Å². The quantitative estimate of drug-likeness (QED) is 0.756. The summed E-state index contributed by atoms with van der Waals surface area (Å²) in [4.78, 5) is 0.356. The smallest absolute Gasteiger partial charge is 0.207 e. The molecule has 1 aromatic rings. The molecule has 1 aromatic carbocycles. The predicted octanol–water partition coefficient (Wildman–Crippen LogP) is 2.58. The molecule has 0 saturated heterocycles. The number of nitrogens with zero attached hydrogens (tertiary/aromatic N) is 1. The van der Waals surface area contributed by atoms with Crippen molar-refractivity contribution in [2.24, 2.45) is 0 Å². The molecule has 0 N–H and O–H groups in total. The van der Waals surface area contributed by atoms with Crippen molar-refractivity contribution in [3.8, 4) is 0 Å². The number of aryl methyl sites for hydroxylation is 1. The average molecular weight is 253 g/mol. The first-order chi connectivity index (χ1) is 8.02. The lowest BCUT2D eigenvalue weighted by Gasteiger charge is -2.18. The second kappa shape index (κ2) is 5.98. The standard InChI is InChI=1S/C13H19NO2S/c1-4-6-11-14(5-2)17(15,16)13-9-7-12(3)8-10-13/h4,6-10H,5,11H2,1-3H3/b6-4+. The first-order valence-electron chi connectivity index (χ1n) is 5.70. The van der Waals surface area contributed by atoms with Gasteiger partial charge >= 0.3 is 0 Å². The van der Waals surface area contributed by atoms with Crippen LogP contribution in [0, 0.1) is 6.92 Å². The molecule has 0 fully saturated rings. The van der Waals surface area contributed by atoms with Crippen LogP contribution in [-0.2, 0) is 10.0 Å². The predicted molar refractivity (Wildman–Crippen MR) is 70.4 cm³/mol. The Bertz CT molecular complexity index is 475. The van der Waals surface area contributed by atoms with E-state index < -0.39 is 10.0 Å². The van der Waals surface area contributed by atoms with Crippen molar-refractivity contribution in [3.05, 3.63) is 42.0 Å². The number of sulfonamides is 1. The Labute approximate surface area is 104 Å². The van der Waals surface area contributed by atoms with E-state index in [1.54, 1.807) is 12.1 Å². The Morgan fingerprint density at radius 3 is 2.29 bits per heavy atom. The summed E-state index contributed by atoms with van der Waals surface area (Å²) >= 11 is 0. The molecule has 1 rings (SSSR count). The minimum Gasteiger partial charge on any atom is -0.207 e. The van der Waals surface area contributed by atoms with Crippen LogP contribution in [0.25, 0.3) is 0 Å². The SMILES string of the molecule is C/C=C/CN(CC)S(=O)(=O)c1ccc(C)cc1. The Morgan fingerprint density at radius 1 is 1.24 bits per heavy atom. The largest absolute Gasteiger partial charge is 0.243 e. The number of benzene rings is 1. The molecule has 0 bridgehead atoms. The Balaban J connectivity index is 3.03. The molecule has 94 valence electrons. The van der Waals surface area contributed by atoms with Crippen LogP contribution in [0.4, 0.5) is 0 Å². The Morgan fingerprint density at radius 2 is 1.82 bits per heavy atom. The highest BCUT2D eigenvalue weighted by Crippen LogP contribution is 2.15. The summed E-state index contributed by atoms with van der Waals surface area (Å²) in [7, 11) is -3.36. The molecule has 0 aliphatic heterocycles. The molecule has 0 unspecified atom stereocenters. The molecule has 4 heteroatoms. The molecular formula is C13H19NO2S. The fraction of sp³-hybridized carbons (Fsp3) is 0.385. The van der Waals surface area contributed by atoms with Gasteiger partial charge in [0.15, 0.2) is 0 Å². The molecule has 0 aromatic heterocycles. The highest BCUT2D eigenvalue weighted by Gasteiger charge is 2.21. The van der Waals surface area contributed by atoms with E-state index in [0.29, 0.717) is 18.0 Å². The second-order valence-electron chi connectivity index (χ2n) is 3.84. The van der Waals surface area contributed by atoms with Crippen LogP contribution in [0.15, 0.2) is 41.3 Å². The minimum atomic E-state index is -3.36. The zero-order valence-corrected chi connectivity index (χ0v) is 11.4. The maximum Gasteiger partial charge on any atom is 0.243 e. The fourth-order valence-corrected chi connectivity index (χ4v) is 2.88. The van der Waals surface area contributed by atoms with E-state index in [4.69, 9.17) is 0 Å². The van der Waals surface area contributed by atoms with Crippen molar-refractivity contribution in [2.75, 3.05) is 13.1 Å². The van der Waals surface area contributed by atoms with Crippen LogP contribution < -0.4 is 0 Å². The van der Waals surface area contributed by atoms with Gasteiger partial charge in [-0.25, -0.2) is 8.42 Å². The van der Waals surface area contributed by atoms with E-state index in [1.165, 1.54) is 4.31 Å². The van der Waals surface area contributed by atoms with Gasteiger partial charge in [0.1, 0.15) is 0 Å². The summed E-state index contributed by atoms with van der Waals surface area (Å²) in [6, 6.07) is 6.94. The number of hydrogen-bond donors (Lipinski definition) is 0. The molecule has 0 spiro atoms. The van der Waals surface area contributed by atoms with Crippen LogP contribution >= 0.6 is 0 Å². The zero-order valence-electron chi connectivity index (χ0n) is 10.6. The average Bonchev–Trinajstić information content (AvgIpc) is 2.30. The van der Waals surface area contributed by atoms with Crippen molar-refractivity contribution in [3.63, 3.8) is 0 Å². The molecule has 0 amide bonds. The molecule has 0 atom stereocenters. The summed E-state index contributed by atoms with van der Waals surface area (Å²) in [5, 5.41) is 0. The molecule has 0 aliphatic carbocycles. The topological polar surface area (TPSA) is 37.4 Å². The molecule has 0 radical (unpaired) electrons. The van der Waals surface area contributed by atoms with Crippen molar-refractivity contribution in [1.29, 1.82) is 0 Å². The van der Waals surface area contributed by atoms with E-state index in [-0.39, 0.29) is 0 Å². The van der Waals surface area contributed by atoms with Gasteiger partial charge in [0.05, 0.1) is 4.90 Å². The first-order valence-corrected chi connectivity index (χ1v) is 7.14. The van der Waals surface area contributed by atoms with Crippen molar-refractivity contribution in [2.45, 2.75) is 25.7 Å². The lowest BCUT2D eigenvalue weighted by atomic mass is 10.2. The monoisotopic (exact) mass is 253 g/mol. The number of likely N-dealkylation sites (N-methyl/N-ethyl adjacent to an activating group) is 1. The first kappa shape index (κ1) is 13.9. The molecule has 3 nitrogen and oxygen atoms in total. The number of allylic oxidation sites excluding steroid dienone is 1. The Kier molecular flexibility index (Phi) is 4.90. The van der Waals surface area contributed by atoms with Crippen molar-refractivity contribution in [1.82, 2.24) is 4.31 Å². The molecule has 17 heavy (non-hydrogen) atoms. The third-order valence-electron chi connectivity index (χ3n) is 2.56. The highest BCUT2D eigenvalue weighted by molar-refractivity contribution is 7.89. The van der Waals surface area contributed by atoms with Gasteiger partial charge in [-0.1, -0.05) is 36.8 Å². The van der Waals surface area contributed by atoms with E-state index in [2.05, 4.69) is 0 Å². The van der Waals surface area contributed by atoms with Gasteiger partial charge in [0.25, 0.3) is 0 Å². The van der Waals surface area contributed by atoms with Gasteiger partial charge in [0.2, 0.25) is 10.0 Å². The van der Waals surface area contributed by atoms with Gasteiger partial charge in [0, 0.05) is 13.1 Å². The van der Waals surface area contributed by atoms with E-state index >= 15 is 0 Å². The summed E-state index contributed by atoms with van der Waals surface area (Å²) < 4.78 is 26.0. The van der Waals surface area contributed by atoms with Gasteiger partial charge in [-0.3, -0.25) is 0 Å². The van der Waals surface area contributed by atoms with Gasteiger partial charge < -0.3 is 0 Å². The fourth-order valence-electron chi connectivity index (χ4n) is 1.48. The summed E-state index contributed by atoms with van der Waals surface area (Å²) in [6.45, 7) is 6.55. The third-order valence-corrected chi connectivity index (χ3v) is 4.51. The molecule has 0 aliphatic rings. The van der Waals surface area contributed by atoms with Crippen LogP contribution in [0.3, 0.4) is 0 Å². The molecular weight excluding hydrogens is 234 g/mol. The van der Waals surface area contributed by atoms with Crippen LogP contribution in [0.1, 0.15) is 19.4 Å². The van der Waals surface area contributed by atoms with Gasteiger partial charge in [-0.15, -0.1) is 0 Å². The van der Waals surface area contributed by atoms with Crippen molar-refractivity contribution >= 4 is 10.0 Å². The maximum atomic E-state index is 12.3. The summed E-state index contributed by atoms with van der Waals surface area (Å²) in [5.41, 5.74) is 1.06. The molecule has 0 saturated carbocycles. The van der Waals surface area contributed by atoms with Gasteiger partial charge in [-0.05, 0) is 26.0 Å². The zero-order chi connectivity index (χ0) is 12.9. The van der Waals surface area contributed by atoms with Crippen LogP contribution in [0.5, 0.6) is 0 Å². The summed E-state index contributed by atoms with van der Waals surface area (Å²) in [6.07, 6.45) is 3.70. The van der Waals surface area contributed by atoms with Crippen molar-refractivity contribution < 1.29 is 8.42 Å². The van der Waals surface area contributed by atoms with Gasteiger partial charge in [-0.2, -0.15) is 4.31 Å². The number of rotatable bonds is 5. The second-order valence-corrected chi connectivity index (χ2v) is 5.78. The van der Waals surface area contributed by atoms with Crippen LogP contribution in [0.2, 0.25) is 0 Å². The highest BCUT2D eigenvalue weighted by atomic mass is 32.2. The summed E-state index contributed by atoms with van der Waals surface area (Å²) in [5.74, 6) is 0.